The lowest BCUT2D eigenvalue weighted by Gasteiger charge is -1.94. The standard InChI is InChI=1S/C5H10O.C4H10O/c1-5-3-2-4-6-5;1-2-3-4-5/h5H,2-4H2,1H3;5H,2-4H2,1H3. The molecule has 0 saturated carbocycles. The van der Waals surface area contributed by atoms with Crippen LogP contribution in [0.15, 0.2) is 0 Å². The minimum absolute atomic E-state index is 0.344. The second-order valence-corrected chi connectivity index (χ2v) is 2.90. The molecule has 2 heteroatoms. The van der Waals surface area contributed by atoms with Gasteiger partial charge in [0.15, 0.2) is 0 Å². The molecule has 0 radical (unpaired) electrons. The lowest BCUT2D eigenvalue weighted by atomic mass is 10.3. The lowest BCUT2D eigenvalue weighted by molar-refractivity contribution is 0.125. The van der Waals surface area contributed by atoms with Gasteiger partial charge >= 0.3 is 0 Å². The van der Waals surface area contributed by atoms with E-state index in [-0.39, 0.29) is 0 Å². The molecule has 2 nitrogen and oxygen atoms in total. The first kappa shape index (κ1) is 10.9. The summed E-state index contributed by atoms with van der Waals surface area (Å²) in [5.74, 6) is 0. The Morgan fingerprint density at radius 3 is 2.36 bits per heavy atom. The fraction of sp³-hybridized carbons (Fsp3) is 1.00. The molecule has 1 saturated heterocycles. The van der Waals surface area contributed by atoms with Gasteiger partial charge < -0.3 is 9.84 Å². The molecule has 0 amide bonds. The first-order valence-electron chi connectivity index (χ1n) is 4.53. The van der Waals surface area contributed by atoms with E-state index in [1.165, 1.54) is 12.8 Å². The Morgan fingerprint density at radius 2 is 2.27 bits per heavy atom. The minimum Gasteiger partial charge on any atom is -0.396 e. The molecular weight excluding hydrogens is 140 g/mol. The molecule has 1 rings (SSSR count). The molecule has 0 bridgehead atoms. The third-order valence-corrected chi connectivity index (χ3v) is 1.67. The Kier molecular flexibility index (Phi) is 7.96. The molecule has 1 N–H and O–H groups in total. The Balaban J connectivity index is 0.000000187. The van der Waals surface area contributed by atoms with Gasteiger partial charge in [-0.3, -0.25) is 0 Å². The summed E-state index contributed by atoms with van der Waals surface area (Å²) in [5.41, 5.74) is 0. The van der Waals surface area contributed by atoms with Crippen LogP contribution in [-0.4, -0.2) is 24.4 Å². The molecule has 1 aliphatic rings. The number of rotatable bonds is 2. The van der Waals surface area contributed by atoms with E-state index in [2.05, 4.69) is 13.8 Å². The summed E-state index contributed by atoms with van der Waals surface area (Å²) in [6.45, 7) is 5.50. The van der Waals surface area contributed by atoms with E-state index in [0.29, 0.717) is 12.7 Å². The molecule has 0 spiro atoms. The first-order valence-corrected chi connectivity index (χ1v) is 4.53. The Labute approximate surface area is 69.6 Å². The molecule has 1 heterocycles. The highest BCUT2D eigenvalue weighted by atomic mass is 16.5. The van der Waals surface area contributed by atoms with Gasteiger partial charge in [-0.25, -0.2) is 0 Å². The highest BCUT2D eigenvalue weighted by Gasteiger charge is 2.07. The second kappa shape index (κ2) is 8.02. The average molecular weight is 160 g/mol. The summed E-state index contributed by atoms with van der Waals surface area (Å²) in [7, 11) is 0. The van der Waals surface area contributed by atoms with Crippen LogP contribution in [0.1, 0.15) is 39.5 Å². The molecule has 1 aliphatic heterocycles. The summed E-state index contributed by atoms with van der Waals surface area (Å²) in [4.78, 5) is 0. The molecule has 1 fully saturated rings. The highest BCUT2D eigenvalue weighted by Crippen LogP contribution is 2.09. The van der Waals surface area contributed by atoms with Crippen LogP contribution in [0, 0.1) is 0 Å². The summed E-state index contributed by atoms with van der Waals surface area (Å²) < 4.78 is 5.15. The monoisotopic (exact) mass is 160 g/mol. The third-order valence-electron chi connectivity index (χ3n) is 1.67. The summed E-state index contributed by atoms with van der Waals surface area (Å²) in [6.07, 6.45) is 5.11. The van der Waals surface area contributed by atoms with Crippen molar-refractivity contribution in [1.29, 1.82) is 0 Å². The first-order chi connectivity index (χ1) is 5.31. The average Bonchev–Trinajstić information content (AvgIpc) is 2.43. The SMILES string of the molecule is CC1CCCO1.CCCCO. The van der Waals surface area contributed by atoms with Gasteiger partial charge in [-0.15, -0.1) is 0 Å². The number of unbranched alkanes of at least 4 members (excludes halogenated alkanes) is 1. The van der Waals surface area contributed by atoms with Crippen LogP contribution in [0.4, 0.5) is 0 Å². The zero-order chi connectivity index (χ0) is 8.53. The highest BCUT2D eigenvalue weighted by molar-refractivity contribution is 4.56. The van der Waals surface area contributed by atoms with Crippen molar-refractivity contribution in [2.45, 2.75) is 45.6 Å². The molecule has 0 aromatic rings. The molecule has 11 heavy (non-hydrogen) atoms. The van der Waals surface area contributed by atoms with Crippen LogP contribution in [0.3, 0.4) is 0 Å². The maximum Gasteiger partial charge on any atom is 0.0547 e. The van der Waals surface area contributed by atoms with E-state index in [1.54, 1.807) is 0 Å². The van der Waals surface area contributed by atoms with E-state index >= 15 is 0 Å². The van der Waals surface area contributed by atoms with Gasteiger partial charge in [-0.2, -0.15) is 0 Å². The molecule has 1 atom stereocenters. The largest absolute Gasteiger partial charge is 0.396 e. The minimum atomic E-state index is 0.344. The normalized spacial score (nSPS) is 22.6. The Hall–Kier alpha value is -0.0800. The second-order valence-electron chi connectivity index (χ2n) is 2.90. The predicted octanol–water partition coefficient (Wildman–Crippen LogP) is 1.96. The van der Waals surface area contributed by atoms with Crippen LogP contribution in [0.25, 0.3) is 0 Å². The van der Waals surface area contributed by atoms with Crippen molar-refractivity contribution < 1.29 is 9.84 Å². The van der Waals surface area contributed by atoms with Gasteiger partial charge in [0.25, 0.3) is 0 Å². The van der Waals surface area contributed by atoms with Crippen molar-refractivity contribution in [3.05, 3.63) is 0 Å². The van der Waals surface area contributed by atoms with Gasteiger partial charge in [-0.1, -0.05) is 13.3 Å². The molecule has 0 aromatic carbocycles. The van der Waals surface area contributed by atoms with Crippen molar-refractivity contribution >= 4 is 0 Å². The van der Waals surface area contributed by atoms with Crippen molar-refractivity contribution in [2.24, 2.45) is 0 Å². The topological polar surface area (TPSA) is 29.5 Å². The molecule has 68 valence electrons. The van der Waals surface area contributed by atoms with Gasteiger partial charge in [-0.05, 0) is 26.2 Å². The third kappa shape index (κ3) is 7.82. The number of aliphatic hydroxyl groups excluding tert-OH is 1. The Bertz CT molecular complexity index is 66.0. The van der Waals surface area contributed by atoms with Crippen molar-refractivity contribution in [3.63, 3.8) is 0 Å². The lowest BCUT2D eigenvalue weighted by Crippen LogP contribution is -1.94. The maximum absolute atomic E-state index is 8.07. The number of ether oxygens (including phenoxy) is 1. The predicted molar refractivity (Wildman–Crippen MR) is 46.6 cm³/mol. The van der Waals surface area contributed by atoms with Gasteiger partial charge in [0, 0.05) is 13.2 Å². The van der Waals surface area contributed by atoms with Crippen molar-refractivity contribution in [1.82, 2.24) is 0 Å². The van der Waals surface area contributed by atoms with E-state index in [1.807, 2.05) is 0 Å². The summed E-state index contributed by atoms with van der Waals surface area (Å²) >= 11 is 0. The fourth-order valence-electron chi connectivity index (χ4n) is 0.897. The fourth-order valence-corrected chi connectivity index (χ4v) is 0.897. The van der Waals surface area contributed by atoms with E-state index < -0.39 is 0 Å². The van der Waals surface area contributed by atoms with E-state index in [9.17, 15) is 0 Å². The number of aliphatic hydroxyl groups is 1. The molecule has 1 unspecified atom stereocenters. The van der Waals surface area contributed by atoms with Crippen molar-refractivity contribution in [2.75, 3.05) is 13.2 Å². The summed E-state index contributed by atoms with van der Waals surface area (Å²) in [5, 5.41) is 8.07. The van der Waals surface area contributed by atoms with Crippen LogP contribution < -0.4 is 0 Å². The smallest absolute Gasteiger partial charge is 0.0547 e. The Morgan fingerprint density at radius 1 is 1.55 bits per heavy atom. The molecule has 0 aromatic heterocycles. The van der Waals surface area contributed by atoms with E-state index in [4.69, 9.17) is 9.84 Å². The van der Waals surface area contributed by atoms with Gasteiger partial charge in [0.2, 0.25) is 0 Å². The van der Waals surface area contributed by atoms with Crippen LogP contribution in [0.2, 0.25) is 0 Å². The van der Waals surface area contributed by atoms with Gasteiger partial charge in [0.05, 0.1) is 6.10 Å². The van der Waals surface area contributed by atoms with Gasteiger partial charge in [0.1, 0.15) is 0 Å². The van der Waals surface area contributed by atoms with Crippen LogP contribution in [0.5, 0.6) is 0 Å². The maximum atomic E-state index is 8.07. The quantitative estimate of drug-likeness (QED) is 0.669. The van der Waals surface area contributed by atoms with E-state index in [0.717, 1.165) is 19.4 Å². The van der Waals surface area contributed by atoms with Crippen LogP contribution in [-0.2, 0) is 4.74 Å². The van der Waals surface area contributed by atoms with Crippen LogP contribution >= 0.6 is 0 Å². The zero-order valence-corrected chi connectivity index (χ0v) is 7.68. The molecular formula is C9H20O2. The zero-order valence-electron chi connectivity index (χ0n) is 7.68. The number of hydrogen-bond acceptors (Lipinski definition) is 2. The molecule has 0 aliphatic carbocycles. The van der Waals surface area contributed by atoms with Crippen molar-refractivity contribution in [3.8, 4) is 0 Å². The number of hydrogen-bond donors (Lipinski definition) is 1. The summed E-state index contributed by atoms with van der Waals surface area (Å²) in [6, 6.07) is 0.